The number of nitrogens with one attached hydrogen (secondary N) is 1. The minimum Gasteiger partial charge on any atom is -0.497 e. The van der Waals surface area contributed by atoms with E-state index in [1.165, 1.54) is 13.2 Å². The third-order valence-corrected chi connectivity index (χ3v) is 3.12. The van der Waals surface area contributed by atoms with E-state index in [-0.39, 0.29) is 5.69 Å². The zero-order chi connectivity index (χ0) is 15.1. The Hall–Kier alpha value is -2.57. The van der Waals surface area contributed by atoms with Gasteiger partial charge in [0.25, 0.3) is 5.69 Å². The molecule has 0 spiro atoms. The molecule has 0 saturated carbocycles. The zero-order valence-corrected chi connectivity index (χ0v) is 11.9. The van der Waals surface area contributed by atoms with Gasteiger partial charge < -0.3 is 14.6 Å². The van der Waals surface area contributed by atoms with Crippen LogP contribution in [0.25, 0.3) is 0 Å². The average molecular weight is 290 g/mol. The molecule has 1 aromatic heterocycles. The minimum absolute atomic E-state index is 0.0606. The Bertz CT molecular complexity index is 584. The number of methoxy groups -OCH3 is 1. The SMILES string of the molecule is COc1ccc([N+](=O)[O-])c(NCCCCn2ccnc2)c1. The molecule has 1 aromatic carbocycles. The number of rotatable bonds is 8. The molecule has 1 heterocycles. The van der Waals surface area contributed by atoms with Crippen LogP contribution < -0.4 is 10.1 Å². The Labute approximate surface area is 122 Å². The summed E-state index contributed by atoms with van der Waals surface area (Å²) in [7, 11) is 1.54. The molecule has 0 fully saturated rings. The fourth-order valence-electron chi connectivity index (χ4n) is 2.00. The summed E-state index contributed by atoms with van der Waals surface area (Å²) < 4.78 is 7.10. The van der Waals surface area contributed by atoms with Gasteiger partial charge in [0.1, 0.15) is 11.4 Å². The molecule has 0 atom stereocenters. The summed E-state index contributed by atoms with van der Waals surface area (Å²) in [6, 6.07) is 4.68. The molecule has 0 aliphatic rings. The number of hydrogen-bond acceptors (Lipinski definition) is 5. The number of anilines is 1. The summed E-state index contributed by atoms with van der Waals surface area (Å²) >= 11 is 0. The third kappa shape index (κ3) is 4.20. The van der Waals surface area contributed by atoms with Crippen molar-refractivity contribution in [2.75, 3.05) is 19.0 Å². The Balaban J connectivity index is 1.85. The third-order valence-electron chi connectivity index (χ3n) is 3.12. The molecule has 0 unspecified atom stereocenters. The Morgan fingerprint density at radius 2 is 2.29 bits per heavy atom. The maximum absolute atomic E-state index is 11.0. The second kappa shape index (κ2) is 7.28. The number of benzene rings is 1. The first-order chi connectivity index (χ1) is 10.2. The van der Waals surface area contributed by atoms with E-state index < -0.39 is 4.92 Å². The van der Waals surface area contributed by atoms with Crippen molar-refractivity contribution in [1.82, 2.24) is 9.55 Å². The van der Waals surface area contributed by atoms with Crippen LogP contribution in [0.4, 0.5) is 11.4 Å². The summed E-state index contributed by atoms with van der Waals surface area (Å²) in [4.78, 5) is 14.6. The maximum Gasteiger partial charge on any atom is 0.292 e. The Morgan fingerprint density at radius 1 is 1.43 bits per heavy atom. The zero-order valence-electron chi connectivity index (χ0n) is 11.9. The number of nitro groups is 1. The summed E-state index contributed by atoms with van der Waals surface area (Å²) in [5.74, 6) is 0.599. The summed E-state index contributed by atoms with van der Waals surface area (Å²) in [5, 5.41) is 14.1. The molecule has 2 aromatic rings. The summed E-state index contributed by atoms with van der Waals surface area (Å²) in [6.45, 7) is 1.56. The van der Waals surface area contributed by atoms with Crippen molar-refractivity contribution >= 4 is 11.4 Å². The van der Waals surface area contributed by atoms with Crippen molar-refractivity contribution in [3.63, 3.8) is 0 Å². The highest BCUT2D eigenvalue weighted by atomic mass is 16.6. The molecule has 0 bridgehead atoms. The molecule has 7 nitrogen and oxygen atoms in total. The number of nitrogens with zero attached hydrogens (tertiary/aromatic N) is 3. The van der Waals surface area contributed by atoms with Gasteiger partial charge in [-0.05, 0) is 18.9 Å². The van der Waals surface area contributed by atoms with Crippen LogP contribution in [0.2, 0.25) is 0 Å². The first-order valence-corrected chi connectivity index (χ1v) is 6.73. The normalized spacial score (nSPS) is 10.3. The van der Waals surface area contributed by atoms with Gasteiger partial charge in [-0.3, -0.25) is 10.1 Å². The van der Waals surface area contributed by atoms with Crippen molar-refractivity contribution < 1.29 is 9.66 Å². The number of aromatic nitrogens is 2. The minimum atomic E-state index is -0.396. The van der Waals surface area contributed by atoms with E-state index in [9.17, 15) is 10.1 Å². The highest BCUT2D eigenvalue weighted by Gasteiger charge is 2.13. The monoisotopic (exact) mass is 290 g/mol. The lowest BCUT2D eigenvalue weighted by molar-refractivity contribution is -0.384. The van der Waals surface area contributed by atoms with Gasteiger partial charge in [-0.25, -0.2) is 4.98 Å². The highest BCUT2D eigenvalue weighted by Crippen LogP contribution is 2.28. The van der Waals surface area contributed by atoms with E-state index in [4.69, 9.17) is 4.74 Å². The fourth-order valence-corrected chi connectivity index (χ4v) is 2.00. The van der Waals surface area contributed by atoms with Crippen molar-refractivity contribution in [3.05, 3.63) is 47.0 Å². The van der Waals surface area contributed by atoms with Gasteiger partial charge in [0.2, 0.25) is 0 Å². The predicted octanol–water partition coefficient (Wildman–Crippen LogP) is 2.69. The molecule has 0 saturated heterocycles. The number of aryl methyl sites for hydroxylation is 1. The van der Waals surface area contributed by atoms with Gasteiger partial charge in [-0.2, -0.15) is 0 Å². The summed E-state index contributed by atoms with van der Waals surface area (Å²) in [6.07, 6.45) is 7.33. The van der Waals surface area contributed by atoms with Crippen molar-refractivity contribution in [2.24, 2.45) is 0 Å². The van der Waals surface area contributed by atoms with Crippen LogP contribution in [-0.2, 0) is 6.54 Å². The van der Waals surface area contributed by atoms with Crippen LogP contribution in [0, 0.1) is 10.1 Å². The van der Waals surface area contributed by atoms with E-state index in [0.29, 0.717) is 18.0 Å². The van der Waals surface area contributed by atoms with Crippen LogP contribution in [0.1, 0.15) is 12.8 Å². The van der Waals surface area contributed by atoms with Gasteiger partial charge in [0.15, 0.2) is 0 Å². The lowest BCUT2D eigenvalue weighted by Gasteiger charge is -2.09. The van der Waals surface area contributed by atoms with Gasteiger partial charge in [-0.15, -0.1) is 0 Å². The quantitative estimate of drug-likeness (QED) is 0.459. The molecule has 112 valence electrons. The van der Waals surface area contributed by atoms with Gasteiger partial charge in [0, 0.05) is 37.6 Å². The molecule has 7 heteroatoms. The molecular formula is C14H18N4O3. The standard InChI is InChI=1S/C14H18N4O3/c1-21-12-4-5-14(18(19)20)13(10-12)16-6-2-3-8-17-9-7-15-11-17/h4-5,7,9-11,16H,2-3,6,8H2,1H3. The second-order valence-corrected chi connectivity index (χ2v) is 4.57. The van der Waals surface area contributed by atoms with E-state index in [1.807, 2.05) is 10.8 Å². The number of hydrogen-bond donors (Lipinski definition) is 1. The van der Waals surface area contributed by atoms with E-state index in [0.717, 1.165) is 19.4 Å². The van der Waals surface area contributed by atoms with Crippen molar-refractivity contribution in [1.29, 1.82) is 0 Å². The number of nitro benzene ring substituents is 1. The number of imidazole rings is 1. The van der Waals surface area contributed by atoms with Gasteiger partial charge in [0.05, 0.1) is 18.4 Å². The average Bonchev–Trinajstić information content (AvgIpc) is 2.99. The van der Waals surface area contributed by atoms with Crippen LogP contribution in [0.5, 0.6) is 5.75 Å². The molecule has 1 N–H and O–H groups in total. The molecular weight excluding hydrogens is 272 g/mol. The molecule has 2 rings (SSSR count). The summed E-state index contributed by atoms with van der Waals surface area (Å²) in [5.41, 5.74) is 0.549. The molecule has 21 heavy (non-hydrogen) atoms. The van der Waals surface area contributed by atoms with Crippen LogP contribution in [0.3, 0.4) is 0 Å². The predicted molar refractivity (Wildman–Crippen MR) is 79.6 cm³/mol. The van der Waals surface area contributed by atoms with Crippen LogP contribution >= 0.6 is 0 Å². The molecule has 0 radical (unpaired) electrons. The van der Waals surface area contributed by atoms with Crippen LogP contribution in [-0.4, -0.2) is 28.1 Å². The lowest BCUT2D eigenvalue weighted by Crippen LogP contribution is -2.06. The first kappa shape index (κ1) is 14.8. The first-order valence-electron chi connectivity index (χ1n) is 6.73. The van der Waals surface area contributed by atoms with Gasteiger partial charge >= 0.3 is 0 Å². The number of ether oxygens (including phenoxy) is 1. The van der Waals surface area contributed by atoms with E-state index in [2.05, 4.69) is 10.3 Å². The lowest BCUT2D eigenvalue weighted by atomic mass is 10.2. The van der Waals surface area contributed by atoms with Crippen molar-refractivity contribution in [3.8, 4) is 5.75 Å². The molecule has 0 amide bonds. The van der Waals surface area contributed by atoms with Gasteiger partial charge in [-0.1, -0.05) is 0 Å². The Morgan fingerprint density at radius 3 is 2.95 bits per heavy atom. The number of unbranched alkanes of at least 4 members (excludes halogenated alkanes) is 1. The smallest absolute Gasteiger partial charge is 0.292 e. The van der Waals surface area contributed by atoms with Crippen molar-refractivity contribution in [2.45, 2.75) is 19.4 Å². The Kier molecular flexibility index (Phi) is 5.14. The highest BCUT2D eigenvalue weighted by molar-refractivity contribution is 5.64. The molecule has 0 aliphatic heterocycles. The second-order valence-electron chi connectivity index (χ2n) is 4.57. The largest absolute Gasteiger partial charge is 0.497 e. The molecule has 0 aliphatic carbocycles. The van der Waals surface area contributed by atoms with E-state index in [1.54, 1.807) is 24.7 Å². The topological polar surface area (TPSA) is 82.2 Å². The maximum atomic E-state index is 11.0. The van der Waals surface area contributed by atoms with Crippen LogP contribution in [0.15, 0.2) is 36.9 Å². The van der Waals surface area contributed by atoms with E-state index >= 15 is 0 Å². The fraction of sp³-hybridized carbons (Fsp3) is 0.357.